The van der Waals surface area contributed by atoms with Crippen LogP contribution in [0.3, 0.4) is 0 Å². The number of hydrogen-bond donors (Lipinski definition) is 5. The smallest absolute Gasteiger partial charge is 0.328 e. The molecule has 14 nitrogen and oxygen atoms in total. The van der Waals surface area contributed by atoms with Crippen molar-refractivity contribution in [3.05, 3.63) is 95.5 Å². The van der Waals surface area contributed by atoms with Crippen LogP contribution >= 0.6 is 0 Å². The van der Waals surface area contributed by atoms with Crippen molar-refractivity contribution in [1.29, 1.82) is 0 Å². The Balaban J connectivity index is 0.766. The molecule has 5 fully saturated rings. The number of piperazine rings is 1. The number of rotatable bonds is 10. The predicted octanol–water partition coefficient (Wildman–Crippen LogP) is 5.65. The van der Waals surface area contributed by atoms with Gasteiger partial charge in [0.25, 0.3) is 0 Å². The van der Waals surface area contributed by atoms with Gasteiger partial charge in [0, 0.05) is 85.3 Å². The molecule has 6 heterocycles. The van der Waals surface area contributed by atoms with Crippen LogP contribution in [0.2, 0.25) is 0 Å². The molecule has 61 heavy (non-hydrogen) atoms. The number of pyridine rings is 1. The normalized spacial score (nSPS) is 22.3. The molecule has 8 N–H and O–H groups in total. The quantitative estimate of drug-likeness (QED) is 0.125. The Morgan fingerprint density at radius 1 is 0.951 bits per heavy atom. The maximum Gasteiger partial charge on any atom is 0.328 e. The molecular weight excluding hydrogens is 776 g/mol. The second-order valence-corrected chi connectivity index (χ2v) is 17.7. The number of aromatic hydroxyl groups is 1. The number of urea groups is 1. The molecule has 1 saturated carbocycles. The lowest BCUT2D eigenvalue weighted by Crippen LogP contribution is -2.53. The first kappa shape index (κ1) is 40.4. The summed E-state index contributed by atoms with van der Waals surface area (Å²) in [7, 11) is 0. The summed E-state index contributed by atoms with van der Waals surface area (Å²) in [6.45, 7) is 6.97. The zero-order chi connectivity index (χ0) is 42.4. The highest BCUT2D eigenvalue weighted by molar-refractivity contribution is 6.06. The number of halogens is 1. The van der Waals surface area contributed by atoms with Crippen molar-refractivity contribution < 1.29 is 23.8 Å². The van der Waals surface area contributed by atoms with Gasteiger partial charge in [-0.1, -0.05) is 12.1 Å². The van der Waals surface area contributed by atoms with Crippen molar-refractivity contribution >= 4 is 40.0 Å². The number of likely N-dealkylation sites (tertiary alicyclic amines) is 2. The van der Waals surface area contributed by atoms with E-state index in [9.17, 15) is 14.7 Å². The average Bonchev–Trinajstić information content (AvgIpc) is 3.72. The molecule has 1 spiro atoms. The number of nitrogens with zero attached hydrogens (tertiary/aromatic N) is 6. The summed E-state index contributed by atoms with van der Waals surface area (Å²) >= 11 is 0. The standard InChI is InChI=1S/C46H57FN10O4/c1-29-26-56(44-36(29)22-34(25-51-44)55-17-12-42(59)52-45(55)60)30-10-13-46(14-11-30)15-18-53(19-16-46)20-21-61-41-23-31(8-9-37(41)47)57-32-6-7-33(57)28-54(27-32)39(43(49)50)24-38(48)35-4-2-3-5-40(35)58/h2-5,8-9,22-26,30,32-33,58H,6-7,10-21,27-28,48-50H2,1H3,(H,52,59,60)/b38-24-. The Hall–Kier alpha value is -5.96. The topological polar surface area (TPSA) is 184 Å². The molecule has 2 bridgehead atoms. The minimum atomic E-state index is -0.398. The van der Waals surface area contributed by atoms with Crippen LogP contribution in [0.15, 0.2) is 78.5 Å². The molecule has 2 atom stereocenters. The fourth-order valence-electron chi connectivity index (χ4n) is 10.6. The average molecular weight is 833 g/mol. The van der Waals surface area contributed by atoms with Crippen molar-refractivity contribution in [3.63, 3.8) is 0 Å². The number of benzene rings is 2. The van der Waals surface area contributed by atoms with Gasteiger partial charge in [-0.2, -0.15) is 0 Å². The van der Waals surface area contributed by atoms with Crippen molar-refractivity contribution in [3.8, 4) is 11.5 Å². The van der Waals surface area contributed by atoms with E-state index in [0.717, 1.165) is 80.4 Å². The number of aryl methyl sites for hydroxylation is 1. The number of amides is 3. The van der Waals surface area contributed by atoms with E-state index in [-0.39, 0.29) is 47.5 Å². The number of fused-ring (bicyclic) bond motifs is 3. The maximum atomic E-state index is 15.2. The number of nitrogens with one attached hydrogen (secondary N) is 1. The van der Waals surface area contributed by atoms with Gasteiger partial charge in [0.15, 0.2) is 11.6 Å². The number of anilines is 2. The molecule has 3 amide bonds. The van der Waals surface area contributed by atoms with Gasteiger partial charge in [0.2, 0.25) is 5.91 Å². The molecule has 5 aliphatic rings. The van der Waals surface area contributed by atoms with Crippen molar-refractivity contribution in [2.24, 2.45) is 22.6 Å². The number of carbonyl (C=O) groups is 2. The van der Waals surface area contributed by atoms with Crippen molar-refractivity contribution in [2.75, 3.05) is 55.7 Å². The van der Waals surface area contributed by atoms with Crippen LogP contribution < -0.4 is 37.1 Å². The van der Waals surface area contributed by atoms with Crippen molar-refractivity contribution in [2.45, 2.75) is 82.8 Å². The van der Waals surface area contributed by atoms with Gasteiger partial charge in [0.1, 0.15) is 23.8 Å². The van der Waals surface area contributed by atoms with E-state index < -0.39 is 6.03 Å². The Morgan fingerprint density at radius 2 is 1.69 bits per heavy atom. The number of nitrogens with two attached hydrogens (primary N) is 3. The van der Waals surface area contributed by atoms with Crippen LogP contribution in [0.1, 0.15) is 75.0 Å². The number of carbonyl (C=O) groups excluding carboxylic acids is 2. The molecule has 2 unspecified atom stereocenters. The molecule has 4 aromatic rings. The van der Waals surface area contributed by atoms with E-state index in [1.165, 1.54) is 18.9 Å². The first-order valence-corrected chi connectivity index (χ1v) is 21.7. The third-order valence-electron chi connectivity index (χ3n) is 14.0. The minimum Gasteiger partial charge on any atom is -0.507 e. The van der Waals surface area contributed by atoms with Gasteiger partial charge in [-0.05, 0) is 119 Å². The Morgan fingerprint density at radius 3 is 2.39 bits per heavy atom. The van der Waals surface area contributed by atoms with Gasteiger partial charge >= 0.3 is 6.03 Å². The van der Waals surface area contributed by atoms with Gasteiger partial charge in [-0.3, -0.25) is 19.9 Å². The molecule has 4 aliphatic heterocycles. The maximum absolute atomic E-state index is 15.2. The van der Waals surface area contributed by atoms with Gasteiger partial charge in [-0.15, -0.1) is 0 Å². The molecule has 2 aromatic heterocycles. The van der Waals surface area contributed by atoms with E-state index in [1.807, 2.05) is 24.3 Å². The molecule has 322 valence electrons. The van der Waals surface area contributed by atoms with Crippen molar-refractivity contribution in [1.82, 2.24) is 24.7 Å². The van der Waals surface area contributed by atoms with E-state index >= 15 is 4.39 Å². The number of phenols is 1. The summed E-state index contributed by atoms with van der Waals surface area (Å²) in [4.78, 5) is 37.6. The second kappa shape index (κ2) is 16.5. The van der Waals surface area contributed by atoms with E-state index in [1.54, 1.807) is 35.4 Å². The van der Waals surface area contributed by atoms with Crippen LogP contribution in [0, 0.1) is 18.2 Å². The monoisotopic (exact) mass is 832 g/mol. The zero-order valence-corrected chi connectivity index (χ0v) is 34.9. The summed E-state index contributed by atoms with van der Waals surface area (Å²) in [6, 6.07) is 14.5. The Kier molecular flexibility index (Phi) is 10.9. The fraction of sp³-hybridized carbons (Fsp3) is 0.457. The fourth-order valence-corrected chi connectivity index (χ4v) is 10.6. The predicted molar refractivity (Wildman–Crippen MR) is 234 cm³/mol. The lowest BCUT2D eigenvalue weighted by molar-refractivity contribution is -0.120. The Bertz CT molecular complexity index is 2360. The number of para-hydroxylation sites is 1. The third kappa shape index (κ3) is 8.03. The molecule has 2 aromatic carbocycles. The first-order valence-electron chi connectivity index (χ1n) is 21.7. The van der Waals surface area contributed by atoms with Gasteiger partial charge < -0.3 is 41.4 Å². The van der Waals surface area contributed by atoms with E-state index in [0.29, 0.717) is 60.3 Å². The van der Waals surface area contributed by atoms with E-state index in [2.05, 4.69) is 37.7 Å². The minimum absolute atomic E-state index is 0.0891. The van der Waals surface area contributed by atoms with Crippen LogP contribution in [-0.4, -0.2) is 94.4 Å². The summed E-state index contributed by atoms with van der Waals surface area (Å²) in [5.41, 5.74) is 24.4. The van der Waals surface area contributed by atoms with Crippen LogP contribution in [-0.2, 0) is 4.79 Å². The van der Waals surface area contributed by atoms with Gasteiger partial charge in [0.05, 0.1) is 17.6 Å². The number of piperidine rings is 1. The summed E-state index contributed by atoms with van der Waals surface area (Å²) < 4.78 is 23.7. The lowest BCUT2D eigenvalue weighted by atomic mass is 9.67. The zero-order valence-electron chi connectivity index (χ0n) is 34.9. The highest BCUT2D eigenvalue weighted by Crippen LogP contribution is 2.48. The number of allylic oxidation sites excluding steroid dienone is 1. The molecule has 1 aliphatic carbocycles. The lowest BCUT2D eigenvalue weighted by Gasteiger charge is -2.46. The number of phenolic OH excluding ortho intramolecular Hbond substituents is 1. The summed E-state index contributed by atoms with van der Waals surface area (Å²) in [5, 5.41) is 13.8. The van der Waals surface area contributed by atoms with Crippen LogP contribution in [0.4, 0.5) is 20.6 Å². The summed E-state index contributed by atoms with van der Waals surface area (Å²) in [6.07, 6.45) is 14.8. The second-order valence-electron chi connectivity index (χ2n) is 17.7. The highest BCUT2D eigenvalue weighted by Gasteiger charge is 2.42. The highest BCUT2D eigenvalue weighted by atomic mass is 19.1. The van der Waals surface area contributed by atoms with Crippen LogP contribution in [0.5, 0.6) is 11.5 Å². The van der Waals surface area contributed by atoms with Crippen LogP contribution in [0.25, 0.3) is 16.7 Å². The molecule has 4 saturated heterocycles. The first-order chi connectivity index (χ1) is 29.4. The number of hydrogen-bond acceptors (Lipinski definition) is 11. The summed E-state index contributed by atoms with van der Waals surface area (Å²) in [5.74, 6) is -0.0687. The largest absolute Gasteiger partial charge is 0.507 e. The number of imide groups is 1. The number of ether oxygens (including phenoxy) is 1. The third-order valence-corrected chi connectivity index (χ3v) is 14.0. The molecule has 0 radical (unpaired) electrons. The molecule has 15 heteroatoms. The molecular formula is C46H57FN10O4. The number of aromatic nitrogens is 2. The molecule has 9 rings (SSSR count). The van der Waals surface area contributed by atoms with E-state index in [4.69, 9.17) is 26.9 Å². The Labute approximate surface area is 355 Å². The SMILES string of the molecule is Cc1cn(C2CCC3(CC2)CCN(CCOc2cc(N4C5CCC4CN(C(/C=C(\N)c4ccccc4O)=C(N)N)C5)ccc2F)CC3)c2ncc(N3CCC(=O)NC3=O)cc12. The van der Waals surface area contributed by atoms with Gasteiger partial charge in [-0.25, -0.2) is 14.2 Å².